The van der Waals surface area contributed by atoms with E-state index in [-0.39, 0.29) is 6.10 Å². The Morgan fingerprint density at radius 1 is 0.727 bits per heavy atom. The van der Waals surface area contributed by atoms with Gasteiger partial charge in [0.1, 0.15) is 6.10 Å². The Balaban J connectivity index is 1.83. The lowest BCUT2D eigenvalue weighted by Gasteiger charge is -2.19. The standard InChI is InChI=1S/C20H17ClO/c21-19-13-7-8-16(14-19)15-22-20(17-9-3-1-4-10-17)18-11-5-2-6-12-18/h1-14,20H,15H2. The van der Waals surface area contributed by atoms with Crippen LogP contribution in [-0.2, 0) is 11.3 Å². The molecule has 1 nitrogen and oxygen atoms in total. The van der Waals surface area contributed by atoms with E-state index < -0.39 is 0 Å². The number of hydrogen-bond acceptors (Lipinski definition) is 1. The highest BCUT2D eigenvalue weighted by atomic mass is 35.5. The van der Waals surface area contributed by atoms with Crippen LogP contribution >= 0.6 is 11.6 Å². The van der Waals surface area contributed by atoms with Crippen molar-refractivity contribution in [3.63, 3.8) is 0 Å². The maximum atomic E-state index is 6.20. The minimum atomic E-state index is -0.0821. The lowest BCUT2D eigenvalue weighted by atomic mass is 10.0. The number of ether oxygens (including phenoxy) is 1. The van der Waals surface area contributed by atoms with Gasteiger partial charge >= 0.3 is 0 Å². The van der Waals surface area contributed by atoms with Gasteiger partial charge in [-0.2, -0.15) is 0 Å². The van der Waals surface area contributed by atoms with Crippen LogP contribution in [0.25, 0.3) is 0 Å². The lowest BCUT2D eigenvalue weighted by molar-refractivity contribution is 0.0667. The molecule has 3 aromatic rings. The Morgan fingerprint density at radius 3 is 1.86 bits per heavy atom. The summed E-state index contributed by atoms with van der Waals surface area (Å²) in [5.41, 5.74) is 3.37. The Kier molecular flexibility index (Phi) is 4.89. The highest BCUT2D eigenvalue weighted by molar-refractivity contribution is 6.30. The third-order valence-corrected chi connectivity index (χ3v) is 3.75. The first kappa shape index (κ1) is 14.8. The zero-order chi connectivity index (χ0) is 15.2. The van der Waals surface area contributed by atoms with Gasteiger partial charge in [0.15, 0.2) is 0 Å². The summed E-state index contributed by atoms with van der Waals surface area (Å²) in [6.07, 6.45) is -0.0821. The van der Waals surface area contributed by atoms with Crippen LogP contribution in [0.2, 0.25) is 5.02 Å². The molecule has 2 heteroatoms. The van der Waals surface area contributed by atoms with E-state index in [1.165, 1.54) is 0 Å². The Labute approximate surface area is 136 Å². The fourth-order valence-electron chi connectivity index (χ4n) is 2.45. The Bertz CT molecular complexity index is 671. The topological polar surface area (TPSA) is 9.23 Å². The predicted molar refractivity (Wildman–Crippen MR) is 91.0 cm³/mol. The average Bonchev–Trinajstić information content (AvgIpc) is 2.57. The predicted octanol–water partition coefficient (Wildman–Crippen LogP) is 5.65. The van der Waals surface area contributed by atoms with Crippen molar-refractivity contribution in [3.05, 3.63) is 107 Å². The van der Waals surface area contributed by atoms with Crippen LogP contribution in [0, 0.1) is 0 Å². The molecule has 3 aromatic carbocycles. The van der Waals surface area contributed by atoms with Gasteiger partial charge in [0, 0.05) is 5.02 Å². The van der Waals surface area contributed by atoms with Crippen molar-refractivity contribution in [1.29, 1.82) is 0 Å². The van der Waals surface area contributed by atoms with E-state index in [4.69, 9.17) is 16.3 Å². The van der Waals surface area contributed by atoms with E-state index in [1.807, 2.05) is 60.7 Å². The van der Waals surface area contributed by atoms with Gasteiger partial charge in [0.2, 0.25) is 0 Å². The molecule has 22 heavy (non-hydrogen) atoms. The van der Waals surface area contributed by atoms with Gasteiger partial charge in [-0.25, -0.2) is 0 Å². The van der Waals surface area contributed by atoms with Crippen LogP contribution in [0.15, 0.2) is 84.9 Å². The van der Waals surface area contributed by atoms with Gasteiger partial charge in [-0.3, -0.25) is 0 Å². The van der Waals surface area contributed by atoms with Crippen LogP contribution < -0.4 is 0 Å². The Hall–Kier alpha value is -2.09. The quantitative estimate of drug-likeness (QED) is 0.592. The highest BCUT2D eigenvalue weighted by Gasteiger charge is 2.14. The van der Waals surface area contributed by atoms with Crippen molar-refractivity contribution < 1.29 is 4.74 Å². The Morgan fingerprint density at radius 2 is 1.32 bits per heavy atom. The lowest BCUT2D eigenvalue weighted by Crippen LogP contribution is -2.06. The molecule has 0 N–H and O–H groups in total. The molecule has 0 fully saturated rings. The summed E-state index contributed by atoms with van der Waals surface area (Å²) in [5, 5.41) is 0.733. The zero-order valence-electron chi connectivity index (χ0n) is 12.2. The third kappa shape index (κ3) is 3.76. The third-order valence-electron chi connectivity index (χ3n) is 3.51. The highest BCUT2D eigenvalue weighted by Crippen LogP contribution is 2.27. The van der Waals surface area contributed by atoms with Crippen LogP contribution in [0.1, 0.15) is 22.8 Å². The largest absolute Gasteiger partial charge is 0.364 e. The molecular weight excluding hydrogens is 292 g/mol. The molecule has 0 unspecified atom stereocenters. The van der Waals surface area contributed by atoms with Crippen LogP contribution in [0.5, 0.6) is 0 Å². The first-order valence-corrected chi connectivity index (χ1v) is 7.66. The van der Waals surface area contributed by atoms with Crippen molar-refractivity contribution in [1.82, 2.24) is 0 Å². The molecule has 0 radical (unpaired) electrons. The summed E-state index contributed by atoms with van der Waals surface area (Å²) in [7, 11) is 0. The van der Waals surface area contributed by atoms with Crippen molar-refractivity contribution in [2.75, 3.05) is 0 Å². The second-order valence-corrected chi connectivity index (χ2v) is 5.58. The molecule has 0 atom stereocenters. The summed E-state index contributed by atoms with van der Waals surface area (Å²) in [4.78, 5) is 0. The fraction of sp³-hybridized carbons (Fsp3) is 0.100. The SMILES string of the molecule is Clc1cccc(COC(c2ccccc2)c2ccccc2)c1. The molecule has 110 valence electrons. The summed E-state index contributed by atoms with van der Waals surface area (Å²) in [6, 6.07) is 28.3. The summed E-state index contributed by atoms with van der Waals surface area (Å²) >= 11 is 6.04. The van der Waals surface area contributed by atoms with Crippen LogP contribution in [0.4, 0.5) is 0 Å². The molecule has 3 rings (SSSR count). The molecule has 0 saturated heterocycles. The number of hydrogen-bond donors (Lipinski definition) is 0. The van der Waals surface area contributed by atoms with E-state index in [0.717, 1.165) is 21.7 Å². The molecule has 0 aromatic heterocycles. The number of halogens is 1. The van der Waals surface area contributed by atoms with E-state index in [0.29, 0.717) is 6.61 Å². The van der Waals surface area contributed by atoms with Gasteiger partial charge < -0.3 is 4.74 Å². The second kappa shape index (κ2) is 7.26. The summed E-state index contributed by atoms with van der Waals surface area (Å²) in [5.74, 6) is 0. The summed E-state index contributed by atoms with van der Waals surface area (Å²) < 4.78 is 6.20. The monoisotopic (exact) mass is 308 g/mol. The smallest absolute Gasteiger partial charge is 0.108 e. The molecule has 0 bridgehead atoms. The zero-order valence-corrected chi connectivity index (χ0v) is 12.9. The van der Waals surface area contributed by atoms with E-state index >= 15 is 0 Å². The van der Waals surface area contributed by atoms with E-state index in [9.17, 15) is 0 Å². The molecule has 0 aliphatic carbocycles. The number of benzene rings is 3. The van der Waals surface area contributed by atoms with Gasteiger partial charge in [-0.15, -0.1) is 0 Å². The van der Waals surface area contributed by atoms with Gasteiger partial charge in [-0.1, -0.05) is 84.4 Å². The molecular formula is C20H17ClO. The van der Waals surface area contributed by atoms with Gasteiger partial charge in [-0.05, 0) is 28.8 Å². The second-order valence-electron chi connectivity index (χ2n) is 5.14. The molecule has 0 aliphatic rings. The van der Waals surface area contributed by atoms with Crippen molar-refractivity contribution in [3.8, 4) is 0 Å². The first-order valence-electron chi connectivity index (χ1n) is 7.29. The van der Waals surface area contributed by atoms with Gasteiger partial charge in [0.05, 0.1) is 6.61 Å². The minimum Gasteiger partial charge on any atom is -0.364 e. The van der Waals surface area contributed by atoms with Crippen molar-refractivity contribution in [2.45, 2.75) is 12.7 Å². The molecule has 0 spiro atoms. The average molecular weight is 309 g/mol. The van der Waals surface area contributed by atoms with Crippen LogP contribution in [0.3, 0.4) is 0 Å². The number of rotatable bonds is 5. The maximum absolute atomic E-state index is 6.20. The normalized spacial score (nSPS) is 10.8. The molecule has 0 amide bonds. The van der Waals surface area contributed by atoms with E-state index in [2.05, 4.69) is 24.3 Å². The first-order chi connectivity index (χ1) is 10.8. The summed E-state index contributed by atoms with van der Waals surface area (Å²) in [6.45, 7) is 0.523. The fourth-order valence-corrected chi connectivity index (χ4v) is 2.66. The molecule has 0 saturated carbocycles. The van der Waals surface area contributed by atoms with Gasteiger partial charge in [0.25, 0.3) is 0 Å². The maximum Gasteiger partial charge on any atom is 0.108 e. The van der Waals surface area contributed by atoms with Crippen molar-refractivity contribution in [2.24, 2.45) is 0 Å². The molecule has 0 aliphatic heterocycles. The van der Waals surface area contributed by atoms with E-state index in [1.54, 1.807) is 0 Å². The van der Waals surface area contributed by atoms with Crippen molar-refractivity contribution >= 4 is 11.6 Å². The minimum absolute atomic E-state index is 0.0821. The van der Waals surface area contributed by atoms with Crippen LogP contribution in [-0.4, -0.2) is 0 Å². The molecule has 0 heterocycles.